The number of carbonyl (C=O) groups is 3. The van der Waals surface area contributed by atoms with E-state index >= 15 is 0 Å². The van der Waals surface area contributed by atoms with Gasteiger partial charge in [0.15, 0.2) is 0 Å². The van der Waals surface area contributed by atoms with Gasteiger partial charge >= 0.3 is 0 Å². The van der Waals surface area contributed by atoms with Crippen LogP contribution >= 0.6 is 0 Å². The molecule has 3 aromatic rings. The van der Waals surface area contributed by atoms with Gasteiger partial charge in [-0.2, -0.15) is 0 Å². The lowest BCUT2D eigenvalue weighted by atomic mass is 10.1. The second kappa shape index (κ2) is 9.07. The molecule has 2 aromatic carbocycles. The summed E-state index contributed by atoms with van der Waals surface area (Å²) < 4.78 is 1.94. The molecule has 0 bridgehead atoms. The number of nitrogens with one attached hydrogen (secondary N) is 3. The lowest BCUT2D eigenvalue weighted by Crippen LogP contribution is -2.34. The minimum atomic E-state index is -0.267. The number of hydrogen-bond donors (Lipinski definition) is 3. The van der Waals surface area contributed by atoms with Gasteiger partial charge in [0.1, 0.15) is 5.69 Å². The fraction of sp³-hybridized carbons (Fsp3) is 0.208. The van der Waals surface area contributed by atoms with Crippen LogP contribution in [0.15, 0.2) is 60.7 Å². The highest BCUT2D eigenvalue weighted by Crippen LogP contribution is 2.24. The number of aromatic nitrogens is 1. The second-order valence-corrected chi connectivity index (χ2v) is 7.90. The standard InChI is InChI=1S/C24H25N5O3/c1-28(2)11-4-7-22(30)26-18-5-3-6-19(15-18)27-23(31)17-9-8-16-13-21-24(32)25-10-12-29(21)20(16)14-17/h3-9,13-15H,10-12H2,1-2H3,(H,25,32)(H,26,30)(H,27,31). The summed E-state index contributed by atoms with van der Waals surface area (Å²) in [6, 6.07) is 14.2. The zero-order valence-corrected chi connectivity index (χ0v) is 18.0. The van der Waals surface area contributed by atoms with Crippen LogP contribution in [0.5, 0.6) is 0 Å². The van der Waals surface area contributed by atoms with Crippen LogP contribution in [0, 0.1) is 0 Å². The molecular formula is C24H25N5O3. The Labute approximate surface area is 185 Å². The summed E-state index contributed by atoms with van der Waals surface area (Å²) in [4.78, 5) is 38.9. The van der Waals surface area contributed by atoms with E-state index < -0.39 is 0 Å². The van der Waals surface area contributed by atoms with Crippen molar-refractivity contribution in [3.05, 3.63) is 71.9 Å². The van der Waals surface area contributed by atoms with E-state index in [-0.39, 0.29) is 17.7 Å². The zero-order chi connectivity index (χ0) is 22.7. The number of nitrogens with zero attached hydrogens (tertiary/aromatic N) is 2. The van der Waals surface area contributed by atoms with Crippen molar-refractivity contribution < 1.29 is 14.4 Å². The Kier molecular flexibility index (Phi) is 6.04. The largest absolute Gasteiger partial charge is 0.349 e. The number of carbonyl (C=O) groups excluding carboxylic acids is 3. The summed E-state index contributed by atoms with van der Waals surface area (Å²) in [6.07, 6.45) is 3.26. The van der Waals surface area contributed by atoms with Gasteiger partial charge in [-0.1, -0.05) is 18.2 Å². The third kappa shape index (κ3) is 4.70. The Morgan fingerprint density at radius 2 is 1.88 bits per heavy atom. The third-order valence-corrected chi connectivity index (χ3v) is 5.15. The van der Waals surface area contributed by atoms with E-state index in [4.69, 9.17) is 0 Å². The first-order valence-electron chi connectivity index (χ1n) is 10.4. The Balaban J connectivity index is 1.48. The van der Waals surface area contributed by atoms with E-state index in [0.29, 0.717) is 42.3 Å². The molecule has 0 atom stereocenters. The molecule has 1 aliphatic rings. The smallest absolute Gasteiger partial charge is 0.268 e. The predicted molar refractivity (Wildman–Crippen MR) is 125 cm³/mol. The molecular weight excluding hydrogens is 406 g/mol. The average Bonchev–Trinajstić information content (AvgIpc) is 3.13. The molecule has 8 nitrogen and oxygen atoms in total. The van der Waals surface area contributed by atoms with Crippen LogP contribution in [0.1, 0.15) is 20.8 Å². The Morgan fingerprint density at radius 3 is 2.66 bits per heavy atom. The van der Waals surface area contributed by atoms with Crippen LogP contribution in [-0.4, -0.2) is 54.4 Å². The molecule has 1 aliphatic heterocycles. The number of anilines is 2. The molecule has 3 amide bonds. The fourth-order valence-corrected chi connectivity index (χ4v) is 3.63. The maximum absolute atomic E-state index is 12.8. The normalized spacial score (nSPS) is 13.3. The summed E-state index contributed by atoms with van der Waals surface area (Å²) in [7, 11) is 3.85. The molecule has 0 unspecified atom stereocenters. The van der Waals surface area contributed by atoms with Crippen molar-refractivity contribution in [2.24, 2.45) is 0 Å². The quantitative estimate of drug-likeness (QED) is 0.523. The molecule has 8 heteroatoms. The van der Waals surface area contributed by atoms with E-state index in [9.17, 15) is 14.4 Å². The van der Waals surface area contributed by atoms with Gasteiger partial charge in [0.2, 0.25) is 5.91 Å². The van der Waals surface area contributed by atoms with Crippen LogP contribution in [0.4, 0.5) is 11.4 Å². The summed E-state index contributed by atoms with van der Waals surface area (Å²) in [5.41, 5.74) is 3.11. The van der Waals surface area contributed by atoms with Gasteiger partial charge in [0.05, 0.1) is 0 Å². The lowest BCUT2D eigenvalue weighted by Gasteiger charge is -2.16. The molecule has 0 radical (unpaired) electrons. The van der Waals surface area contributed by atoms with Crippen molar-refractivity contribution >= 4 is 40.0 Å². The highest BCUT2D eigenvalue weighted by Gasteiger charge is 2.20. The van der Waals surface area contributed by atoms with Crippen molar-refractivity contribution in [2.45, 2.75) is 6.54 Å². The van der Waals surface area contributed by atoms with Crippen LogP contribution < -0.4 is 16.0 Å². The number of amides is 3. The van der Waals surface area contributed by atoms with Crippen molar-refractivity contribution in [1.82, 2.24) is 14.8 Å². The Bertz CT molecular complexity index is 1230. The monoisotopic (exact) mass is 431 g/mol. The van der Waals surface area contributed by atoms with Crippen LogP contribution in [0.3, 0.4) is 0 Å². The highest BCUT2D eigenvalue weighted by atomic mass is 16.2. The van der Waals surface area contributed by atoms with Crippen molar-refractivity contribution in [2.75, 3.05) is 37.8 Å². The van der Waals surface area contributed by atoms with Gasteiger partial charge < -0.3 is 25.4 Å². The highest BCUT2D eigenvalue weighted by molar-refractivity contribution is 6.08. The number of hydrogen-bond acceptors (Lipinski definition) is 4. The van der Waals surface area contributed by atoms with Crippen LogP contribution in [0.2, 0.25) is 0 Å². The Morgan fingerprint density at radius 1 is 1.09 bits per heavy atom. The molecule has 0 saturated carbocycles. The van der Waals surface area contributed by atoms with Gasteiger partial charge in [0.25, 0.3) is 11.8 Å². The first-order valence-corrected chi connectivity index (χ1v) is 10.4. The summed E-state index contributed by atoms with van der Waals surface area (Å²) in [5.74, 6) is -0.603. The van der Waals surface area contributed by atoms with Crippen molar-refractivity contribution in [1.29, 1.82) is 0 Å². The van der Waals surface area contributed by atoms with Gasteiger partial charge in [0, 0.05) is 53.6 Å². The SMILES string of the molecule is CN(C)CC=CC(=O)Nc1cccc(NC(=O)c2ccc3cc4n(c3c2)CCNC4=O)c1. The molecule has 0 spiro atoms. The first kappa shape index (κ1) is 21.3. The molecule has 3 N–H and O–H groups in total. The molecule has 0 fully saturated rings. The second-order valence-electron chi connectivity index (χ2n) is 7.90. The molecule has 164 valence electrons. The molecule has 4 rings (SSSR count). The molecule has 0 aliphatic carbocycles. The topological polar surface area (TPSA) is 95.5 Å². The van der Waals surface area contributed by atoms with E-state index in [0.717, 1.165) is 10.9 Å². The zero-order valence-electron chi connectivity index (χ0n) is 18.0. The minimum Gasteiger partial charge on any atom is -0.349 e. The van der Waals surface area contributed by atoms with E-state index in [2.05, 4.69) is 16.0 Å². The summed E-state index contributed by atoms with van der Waals surface area (Å²) >= 11 is 0. The Hall–Kier alpha value is -3.91. The van der Waals surface area contributed by atoms with Gasteiger partial charge in [-0.3, -0.25) is 14.4 Å². The lowest BCUT2D eigenvalue weighted by molar-refractivity contribution is -0.111. The average molecular weight is 431 g/mol. The number of likely N-dealkylation sites (N-methyl/N-ethyl adjacent to an activating group) is 1. The molecule has 1 aromatic heterocycles. The number of fused-ring (bicyclic) bond motifs is 3. The maximum atomic E-state index is 12.8. The number of benzene rings is 2. The van der Waals surface area contributed by atoms with Crippen LogP contribution in [0.25, 0.3) is 10.9 Å². The molecule has 2 heterocycles. The predicted octanol–water partition coefficient (Wildman–Crippen LogP) is 2.69. The van der Waals surface area contributed by atoms with Crippen LogP contribution in [-0.2, 0) is 11.3 Å². The molecule has 0 saturated heterocycles. The van der Waals surface area contributed by atoms with E-state index in [1.807, 2.05) is 35.7 Å². The summed E-state index contributed by atoms with van der Waals surface area (Å²) in [6.45, 7) is 1.90. The molecule has 32 heavy (non-hydrogen) atoms. The van der Waals surface area contributed by atoms with E-state index in [1.54, 1.807) is 42.5 Å². The first-order chi connectivity index (χ1) is 15.4. The number of rotatable bonds is 6. The van der Waals surface area contributed by atoms with Gasteiger partial charge in [-0.15, -0.1) is 0 Å². The van der Waals surface area contributed by atoms with E-state index in [1.165, 1.54) is 6.08 Å². The minimum absolute atomic E-state index is 0.103. The van der Waals surface area contributed by atoms with Crippen molar-refractivity contribution in [3.8, 4) is 0 Å². The fourth-order valence-electron chi connectivity index (χ4n) is 3.63. The maximum Gasteiger partial charge on any atom is 0.268 e. The van der Waals surface area contributed by atoms with Crippen molar-refractivity contribution in [3.63, 3.8) is 0 Å². The van der Waals surface area contributed by atoms with Gasteiger partial charge in [-0.25, -0.2) is 0 Å². The van der Waals surface area contributed by atoms with Gasteiger partial charge in [-0.05, 0) is 50.5 Å². The summed E-state index contributed by atoms with van der Waals surface area (Å²) in [5, 5.41) is 9.41. The third-order valence-electron chi connectivity index (χ3n) is 5.15.